The highest BCUT2D eigenvalue weighted by atomic mass is 32.2. The minimum absolute atomic E-state index is 0.00136. The number of para-hydroxylation sites is 2. The van der Waals surface area contributed by atoms with E-state index in [-0.39, 0.29) is 28.4 Å². The van der Waals surface area contributed by atoms with Gasteiger partial charge in [-0.2, -0.15) is 0 Å². The molecule has 0 spiro atoms. The number of benzene rings is 4. The molecule has 0 amide bonds. The van der Waals surface area contributed by atoms with Crippen molar-refractivity contribution in [2.45, 2.75) is 102 Å². The van der Waals surface area contributed by atoms with Gasteiger partial charge in [0.15, 0.2) is 0 Å². The zero-order chi connectivity index (χ0) is 35.2. The zero-order valence-electron chi connectivity index (χ0n) is 31.3. The molecule has 4 aromatic carbocycles. The Morgan fingerprint density at radius 1 is 0.706 bits per heavy atom. The predicted molar refractivity (Wildman–Crippen MR) is 213 cm³/mol. The Morgan fingerprint density at radius 3 is 2.04 bits per heavy atom. The number of rotatable bonds is 1. The van der Waals surface area contributed by atoms with Crippen LogP contribution in [0.25, 0.3) is 0 Å². The van der Waals surface area contributed by atoms with Crippen LogP contribution in [0.4, 0.5) is 17.1 Å². The number of hydrogen-bond acceptors (Lipinski definition) is 4. The third-order valence-corrected chi connectivity index (χ3v) is 14.8. The van der Waals surface area contributed by atoms with Crippen LogP contribution >= 0.6 is 11.8 Å². The lowest BCUT2D eigenvalue weighted by Gasteiger charge is -2.54. The van der Waals surface area contributed by atoms with Gasteiger partial charge < -0.3 is 14.4 Å². The maximum Gasteiger partial charge on any atom is 0.260 e. The molecule has 5 heteroatoms. The van der Waals surface area contributed by atoms with E-state index in [1.54, 1.807) is 0 Å². The second-order valence-electron chi connectivity index (χ2n) is 18.7. The molecule has 6 aliphatic rings. The second kappa shape index (κ2) is 10.4. The Bertz CT molecular complexity index is 2200. The van der Waals surface area contributed by atoms with Crippen molar-refractivity contribution in [3.8, 4) is 17.2 Å². The monoisotopic (exact) mass is 689 g/mol. The molecule has 3 nitrogen and oxygen atoms in total. The zero-order valence-corrected chi connectivity index (χ0v) is 32.1. The lowest BCUT2D eigenvalue weighted by molar-refractivity contribution is 0.00692. The fourth-order valence-corrected chi connectivity index (χ4v) is 11.6. The van der Waals surface area contributed by atoms with Crippen LogP contribution in [0.3, 0.4) is 0 Å². The Balaban J connectivity index is 1.25. The van der Waals surface area contributed by atoms with Crippen molar-refractivity contribution in [3.05, 3.63) is 107 Å². The van der Waals surface area contributed by atoms with Crippen molar-refractivity contribution in [1.82, 2.24) is 0 Å². The van der Waals surface area contributed by atoms with Crippen LogP contribution in [0.5, 0.6) is 17.2 Å². The summed E-state index contributed by atoms with van der Waals surface area (Å²) in [6.07, 6.45) is 9.72. The fourth-order valence-electron chi connectivity index (χ4n) is 10.5. The lowest BCUT2D eigenvalue weighted by Crippen LogP contribution is -2.55. The SMILES string of the molecule is CC1(C)CCC(C)(C)c2c1ccc1c2Oc2cc(N3c4ccccc4Sc4ccccc43)cc3c2B1C1=C(O3)C2C(C=C1)C(C)(C)CCC2(C)C. The Labute approximate surface area is 308 Å². The van der Waals surface area contributed by atoms with Gasteiger partial charge >= 0.3 is 0 Å². The largest absolute Gasteiger partial charge is 0.462 e. The normalized spacial score (nSPS) is 24.8. The van der Waals surface area contributed by atoms with Crippen LogP contribution < -0.4 is 25.3 Å². The summed E-state index contributed by atoms with van der Waals surface area (Å²) in [6, 6.07) is 27.0. The molecule has 0 N–H and O–H groups in total. The molecule has 0 aromatic heterocycles. The van der Waals surface area contributed by atoms with Gasteiger partial charge in [-0.3, -0.25) is 0 Å². The number of anilines is 3. The van der Waals surface area contributed by atoms with Gasteiger partial charge in [-0.05, 0) is 94.0 Å². The third-order valence-electron chi connectivity index (χ3n) is 13.7. The van der Waals surface area contributed by atoms with Gasteiger partial charge in [-0.15, -0.1) is 0 Å². The Hall–Kier alpha value is -3.83. The highest BCUT2D eigenvalue weighted by Gasteiger charge is 2.55. The number of allylic oxidation sites excluding steroid dienone is 4. The van der Waals surface area contributed by atoms with E-state index in [1.165, 1.54) is 73.7 Å². The smallest absolute Gasteiger partial charge is 0.260 e. The van der Waals surface area contributed by atoms with Crippen molar-refractivity contribution >= 4 is 46.5 Å². The van der Waals surface area contributed by atoms with Gasteiger partial charge in [0.1, 0.15) is 23.0 Å². The van der Waals surface area contributed by atoms with Gasteiger partial charge in [0, 0.05) is 38.9 Å². The summed E-state index contributed by atoms with van der Waals surface area (Å²) in [7, 11) is 0. The van der Waals surface area contributed by atoms with Crippen LogP contribution in [0, 0.1) is 22.7 Å². The summed E-state index contributed by atoms with van der Waals surface area (Å²) in [5.74, 6) is 4.84. The maximum atomic E-state index is 7.41. The second-order valence-corrected chi connectivity index (χ2v) is 19.8. The summed E-state index contributed by atoms with van der Waals surface area (Å²) in [6.45, 7) is 19.6. The van der Waals surface area contributed by atoms with Crippen LogP contribution in [-0.4, -0.2) is 6.71 Å². The first-order valence-corrected chi connectivity index (χ1v) is 19.9. The van der Waals surface area contributed by atoms with Crippen molar-refractivity contribution in [3.63, 3.8) is 0 Å². The molecule has 1 saturated carbocycles. The maximum absolute atomic E-state index is 7.41. The molecule has 2 atom stereocenters. The average Bonchev–Trinajstić information content (AvgIpc) is 3.10. The molecule has 4 aromatic rings. The summed E-state index contributed by atoms with van der Waals surface area (Å²) < 4.78 is 14.8. The lowest BCUT2D eigenvalue weighted by atomic mass is 9.32. The molecule has 0 bridgehead atoms. The first-order valence-electron chi connectivity index (χ1n) is 19.1. The molecule has 51 heavy (non-hydrogen) atoms. The van der Waals surface area contributed by atoms with Gasteiger partial charge in [-0.25, -0.2) is 0 Å². The van der Waals surface area contributed by atoms with Crippen LogP contribution in [-0.2, 0) is 10.8 Å². The van der Waals surface area contributed by atoms with Gasteiger partial charge in [0.05, 0.1) is 17.1 Å². The molecular weight excluding hydrogens is 641 g/mol. The van der Waals surface area contributed by atoms with Crippen LogP contribution in [0.15, 0.2) is 106 Å². The van der Waals surface area contributed by atoms with E-state index in [1.807, 2.05) is 11.8 Å². The third kappa shape index (κ3) is 4.46. The van der Waals surface area contributed by atoms with E-state index in [4.69, 9.17) is 9.47 Å². The van der Waals surface area contributed by atoms with E-state index in [9.17, 15) is 0 Å². The quantitative estimate of drug-likeness (QED) is 0.163. The molecular formula is C46H48BNO2S. The van der Waals surface area contributed by atoms with Crippen molar-refractivity contribution in [1.29, 1.82) is 0 Å². The van der Waals surface area contributed by atoms with Crippen molar-refractivity contribution in [2.24, 2.45) is 22.7 Å². The van der Waals surface area contributed by atoms with E-state index < -0.39 is 0 Å². The summed E-state index contributed by atoms with van der Waals surface area (Å²) >= 11 is 1.84. The van der Waals surface area contributed by atoms with Gasteiger partial charge in [0.25, 0.3) is 6.71 Å². The average molecular weight is 690 g/mol. The topological polar surface area (TPSA) is 21.7 Å². The van der Waals surface area contributed by atoms with Crippen molar-refractivity contribution in [2.75, 3.05) is 4.90 Å². The number of fused-ring (bicyclic) bond motifs is 9. The van der Waals surface area contributed by atoms with Gasteiger partial charge in [0.2, 0.25) is 0 Å². The first kappa shape index (κ1) is 31.9. The Kier molecular flexibility index (Phi) is 6.50. The minimum atomic E-state index is 0.00136. The molecule has 3 aliphatic heterocycles. The molecule has 3 aliphatic carbocycles. The first-order chi connectivity index (χ1) is 24.3. The van der Waals surface area contributed by atoms with Crippen molar-refractivity contribution < 1.29 is 9.47 Å². The molecule has 3 heterocycles. The molecule has 2 unspecified atom stereocenters. The summed E-state index contributed by atoms with van der Waals surface area (Å²) in [5, 5.41) is 0. The molecule has 1 fully saturated rings. The molecule has 10 rings (SSSR count). The van der Waals surface area contributed by atoms with E-state index >= 15 is 0 Å². The van der Waals surface area contributed by atoms with Gasteiger partial charge in [-0.1, -0.05) is 116 Å². The molecule has 258 valence electrons. The number of ether oxygens (including phenoxy) is 2. The summed E-state index contributed by atoms with van der Waals surface area (Å²) in [4.78, 5) is 4.92. The predicted octanol–water partition coefficient (Wildman–Crippen LogP) is 11.5. The highest BCUT2D eigenvalue weighted by molar-refractivity contribution is 7.99. The molecule has 0 saturated heterocycles. The molecule has 0 radical (unpaired) electrons. The summed E-state index contributed by atoms with van der Waals surface area (Å²) in [5.41, 5.74) is 10.5. The number of nitrogens with zero attached hydrogens (tertiary/aromatic N) is 1. The minimum Gasteiger partial charge on any atom is -0.462 e. The van der Waals surface area contributed by atoms with Crippen LogP contribution in [0.1, 0.15) is 92.2 Å². The highest BCUT2D eigenvalue weighted by Crippen LogP contribution is 2.60. The van der Waals surface area contributed by atoms with E-state index in [2.05, 4.69) is 145 Å². The standard InChI is InChI=1S/C46H48BNO2S/c1-43(2)21-23-45(5,6)38-28(43)17-19-30-41(38)49-34-25-27(48-32-13-9-11-15-36(32)51-37-16-12-10-14-33(37)48)26-35-40(34)47(30)31-20-18-29-39(42(31)50-35)46(7,8)24-22-44(29,3)4/h9-20,25-26,28,38H,21-24H2,1-8H3. The fraction of sp³-hybridized carbons (Fsp3) is 0.391. The Morgan fingerprint density at radius 2 is 1.33 bits per heavy atom. The van der Waals surface area contributed by atoms with E-state index in [0.29, 0.717) is 11.8 Å². The van der Waals surface area contributed by atoms with E-state index in [0.717, 1.165) is 29.4 Å². The number of hydrogen-bond donors (Lipinski definition) is 0. The van der Waals surface area contributed by atoms with Crippen LogP contribution in [0.2, 0.25) is 0 Å².